The second-order valence-electron chi connectivity index (χ2n) is 8.14. The minimum Gasteiger partial charge on any atom is -0.493 e. The summed E-state index contributed by atoms with van der Waals surface area (Å²) in [6.07, 6.45) is 6.07. The minimum atomic E-state index is -3.15. The molecule has 0 spiro atoms. The van der Waals surface area contributed by atoms with Gasteiger partial charge < -0.3 is 10.1 Å². The van der Waals surface area contributed by atoms with Crippen molar-refractivity contribution in [3.05, 3.63) is 29.3 Å². The van der Waals surface area contributed by atoms with Crippen molar-refractivity contribution in [1.82, 2.24) is 10.2 Å². The maximum atomic E-state index is 12.8. The summed E-state index contributed by atoms with van der Waals surface area (Å²) in [5, 5.41) is 2.98. The summed E-state index contributed by atoms with van der Waals surface area (Å²) in [6, 6.07) is 6.61. The zero-order chi connectivity index (χ0) is 19.4. The Morgan fingerprint density at radius 1 is 1.30 bits per heavy atom. The molecule has 1 N–H and O–H groups in total. The molecule has 152 valence electrons. The summed E-state index contributed by atoms with van der Waals surface area (Å²) < 4.78 is 31.2. The van der Waals surface area contributed by atoms with Gasteiger partial charge in [-0.15, -0.1) is 0 Å². The zero-order valence-corrected chi connectivity index (χ0v) is 17.7. The summed E-state index contributed by atoms with van der Waals surface area (Å²) in [5.41, 5.74) is 2.55. The Morgan fingerprint density at radius 2 is 2.04 bits per heavy atom. The number of piperidine rings is 1. The quantitative estimate of drug-likeness (QED) is 0.735. The van der Waals surface area contributed by atoms with Gasteiger partial charge in [-0.1, -0.05) is 19.1 Å². The Hall–Kier alpha value is -1.11. The fraction of sp³-hybridized carbons (Fsp3) is 0.714. The van der Waals surface area contributed by atoms with Crippen LogP contribution in [0.25, 0.3) is 0 Å². The largest absolute Gasteiger partial charge is 0.493 e. The standard InChI is InChI=1S/C21H34N2O3S/c1-4-12-23(21(27(3,24)25)18-7-10-22-11-8-18)16(2)14-17-5-6-20-19(15-17)9-13-26-20/h5-6,15-16,18,21-22H,4,7-14H2,1-3H3. The Bertz CT molecular complexity index is 729. The number of fused-ring (bicyclic) bond motifs is 1. The van der Waals surface area contributed by atoms with Crippen LogP contribution < -0.4 is 10.1 Å². The van der Waals surface area contributed by atoms with E-state index < -0.39 is 9.84 Å². The lowest BCUT2D eigenvalue weighted by Crippen LogP contribution is -2.52. The van der Waals surface area contributed by atoms with Crippen LogP contribution in [0.15, 0.2) is 18.2 Å². The van der Waals surface area contributed by atoms with E-state index in [-0.39, 0.29) is 17.3 Å². The average Bonchev–Trinajstić information content (AvgIpc) is 3.09. The number of benzene rings is 1. The Morgan fingerprint density at radius 3 is 2.70 bits per heavy atom. The van der Waals surface area contributed by atoms with E-state index in [9.17, 15) is 8.42 Å². The molecule has 1 aromatic rings. The molecule has 3 rings (SSSR count). The van der Waals surface area contributed by atoms with Gasteiger partial charge in [-0.25, -0.2) is 8.42 Å². The van der Waals surface area contributed by atoms with Crippen molar-refractivity contribution < 1.29 is 13.2 Å². The first-order chi connectivity index (χ1) is 12.9. The van der Waals surface area contributed by atoms with Gasteiger partial charge in [-0.2, -0.15) is 0 Å². The number of nitrogens with zero attached hydrogens (tertiary/aromatic N) is 1. The van der Waals surface area contributed by atoms with Crippen LogP contribution in [0.2, 0.25) is 0 Å². The number of nitrogens with one attached hydrogen (secondary N) is 1. The molecule has 2 unspecified atom stereocenters. The number of sulfone groups is 1. The molecule has 2 aliphatic rings. The molecule has 1 saturated heterocycles. The second kappa shape index (κ2) is 8.93. The molecule has 5 nitrogen and oxygen atoms in total. The normalized spacial score (nSPS) is 20.3. The summed E-state index contributed by atoms with van der Waals surface area (Å²) in [6.45, 7) is 7.72. The first-order valence-corrected chi connectivity index (χ1v) is 12.3. The van der Waals surface area contributed by atoms with E-state index in [1.807, 2.05) is 0 Å². The third-order valence-corrected chi connectivity index (χ3v) is 7.42. The summed E-state index contributed by atoms with van der Waals surface area (Å²) in [5.74, 6) is 1.21. The number of hydrogen-bond donors (Lipinski definition) is 1. The van der Waals surface area contributed by atoms with Crippen molar-refractivity contribution in [2.75, 3.05) is 32.5 Å². The zero-order valence-electron chi connectivity index (χ0n) is 16.9. The van der Waals surface area contributed by atoms with Crippen molar-refractivity contribution in [3.8, 4) is 5.75 Å². The number of ether oxygens (including phenoxy) is 1. The molecule has 2 heterocycles. The van der Waals surface area contributed by atoms with Crippen molar-refractivity contribution in [2.45, 2.75) is 57.4 Å². The molecule has 0 aliphatic carbocycles. The molecule has 0 amide bonds. The highest BCUT2D eigenvalue weighted by Gasteiger charge is 2.37. The van der Waals surface area contributed by atoms with Crippen LogP contribution in [0.5, 0.6) is 5.75 Å². The molecular weight excluding hydrogens is 360 g/mol. The number of hydrogen-bond acceptors (Lipinski definition) is 5. The minimum absolute atomic E-state index is 0.180. The predicted octanol–water partition coefficient (Wildman–Crippen LogP) is 2.63. The molecule has 1 fully saturated rings. The highest BCUT2D eigenvalue weighted by atomic mass is 32.2. The molecule has 0 radical (unpaired) electrons. The maximum absolute atomic E-state index is 12.8. The van der Waals surface area contributed by atoms with Gasteiger partial charge in [0.2, 0.25) is 0 Å². The van der Waals surface area contributed by atoms with Crippen LogP contribution in [-0.2, 0) is 22.7 Å². The molecule has 6 heteroatoms. The average molecular weight is 395 g/mol. The van der Waals surface area contributed by atoms with Crippen LogP contribution in [0.1, 0.15) is 44.2 Å². The molecule has 0 saturated carbocycles. The van der Waals surface area contributed by atoms with Gasteiger partial charge >= 0.3 is 0 Å². The van der Waals surface area contributed by atoms with Gasteiger partial charge in [0.1, 0.15) is 11.1 Å². The van der Waals surface area contributed by atoms with Gasteiger partial charge in [-0.3, -0.25) is 4.90 Å². The van der Waals surface area contributed by atoms with Gasteiger partial charge in [-0.05, 0) is 75.4 Å². The first-order valence-electron chi connectivity index (χ1n) is 10.3. The third kappa shape index (κ3) is 5.04. The Kier molecular flexibility index (Phi) is 6.82. The van der Waals surface area contributed by atoms with E-state index >= 15 is 0 Å². The van der Waals surface area contributed by atoms with Crippen LogP contribution in [0.4, 0.5) is 0 Å². The summed E-state index contributed by atoms with van der Waals surface area (Å²) in [4.78, 5) is 2.26. The fourth-order valence-corrected chi connectivity index (χ4v) is 6.45. The van der Waals surface area contributed by atoms with E-state index in [1.54, 1.807) is 0 Å². The first kappa shape index (κ1) is 20.6. The lowest BCUT2D eigenvalue weighted by Gasteiger charge is -2.41. The van der Waals surface area contributed by atoms with Crippen molar-refractivity contribution >= 4 is 9.84 Å². The fourth-order valence-electron chi connectivity index (χ4n) is 4.68. The molecule has 0 aromatic heterocycles. The molecule has 2 atom stereocenters. The van der Waals surface area contributed by atoms with E-state index in [2.05, 4.69) is 42.3 Å². The van der Waals surface area contributed by atoms with Crippen LogP contribution in [-0.4, -0.2) is 57.2 Å². The monoisotopic (exact) mass is 394 g/mol. The van der Waals surface area contributed by atoms with Gasteiger partial charge in [0, 0.05) is 18.7 Å². The van der Waals surface area contributed by atoms with Crippen molar-refractivity contribution in [1.29, 1.82) is 0 Å². The Balaban J connectivity index is 1.80. The van der Waals surface area contributed by atoms with Crippen molar-refractivity contribution in [3.63, 3.8) is 0 Å². The van der Waals surface area contributed by atoms with E-state index in [0.29, 0.717) is 0 Å². The Labute approximate surface area is 164 Å². The molecule has 1 aromatic carbocycles. The second-order valence-corrected chi connectivity index (χ2v) is 10.3. The van der Waals surface area contributed by atoms with Gasteiger partial charge in [0.25, 0.3) is 0 Å². The molecule has 0 bridgehead atoms. The van der Waals surface area contributed by atoms with Crippen LogP contribution in [0.3, 0.4) is 0 Å². The highest BCUT2D eigenvalue weighted by Crippen LogP contribution is 2.30. The molecule has 27 heavy (non-hydrogen) atoms. The lowest BCUT2D eigenvalue weighted by atomic mass is 9.95. The van der Waals surface area contributed by atoms with Gasteiger partial charge in [0.15, 0.2) is 9.84 Å². The topological polar surface area (TPSA) is 58.6 Å². The van der Waals surface area contributed by atoms with E-state index in [0.717, 1.165) is 64.1 Å². The summed E-state index contributed by atoms with van der Waals surface area (Å²) in [7, 11) is -3.15. The van der Waals surface area contributed by atoms with Gasteiger partial charge in [0.05, 0.1) is 6.61 Å². The van der Waals surface area contributed by atoms with Crippen molar-refractivity contribution in [2.24, 2.45) is 5.92 Å². The van der Waals surface area contributed by atoms with E-state index in [1.165, 1.54) is 17.4 Å². The predicted molar refractivity (Wildman–Crippen MR) is 110 cm³/mol. The maximum Gasteiger partial charge on any atom is 0.163 e. The lowest BCUT2D eigenvalue weighted by molar-refractivity contribution is 0.131. The third-order valence-electron chi connectivity index (χ3n) is 5.89. The summed E-state index contributed by atoms with van der Waals surface area (Å²) >= 11 is 0. The highest BCUT2D eigenvalue weighted by molar-refractivity contribution is 7.91. The SMILES string of the molecule is CCCN(C(C)Cc1ccc2c(c1)CCO2)C(C1CCNCC1)S(C)(=O)=O. The van der Waals surface area contributed by atoms with Crippen LogP contribution >= 0.6 is 0 Å². The van der Waals surface area contributed by atoms with Crippen LogP contribution in [0, 0.1) is 5.92 Å². The molecular formula is C21H34N2O3S. The molecule has 2 aliphatic heterocycles. The van der Waals surface area contributed by atoms with E-state index in [4.69, 9.17) is 4.74 Å². The smallest absolute Gasteiger partial charge is 0.163 e. The number of rotatable bonds is 8.